The van der Waals surface area contributed by atoms with E-state index < -0.39 is 38.6 Å². The summed E-state index contributed by atoms with van der Waals surface area (Å²) < 4.78 is 38.9. The molecule has 0 fully saturated rings. The van der Waals surface area contributed by atoms with Crippen molar-refractivity contribution in [2.75, 3.05) is 26.4 Å². The normalized spacial score (nSPS) is 14.4. The standard InChI is InChI=1S/C45H74NO10P/c1-5-7-9-10-11-12-13-14-15-16-17-20-24-28-40(47)29-27-33-44(48)52-36-41(37-54-57(50,51)53-35-34-46)55-45(49)32-26-22-19-18-21-25-31-43-39(4)38(3)42(56-43)30-23-8-6-2/h7,9,11-12,14-15,17,20,24,28,40-41,47H,5-6,8,10,13,16,18-19,21-23,25-27,29-37,46H2,1-4H3,(H,50,51)/b9-7-,12-11-,15-14-,20-17-,28-24+/t40?,41-/m1/s1. The average molecular weight is 820 g/mol. The van der Waals surface area contributed by atoms with Crippen molar-refractivity contribution in [2.24, 2.45) is 5.73 Å². The zero-order chi connectivity index (χ0) is 42.0. The minimum absolute atomic E-state index is 0.0161. The molecule has 1 rings (SSSR count). The Hall–Kier alpha value is -3.05. The summed E-state index contributed by atoms with van der Waals surface area (Å²) in [6, 6.07) is 0. The Balaban J connectivity index is 2.39. The molecule has 0 bridgehead atoms. The lowest BCUT2D eigenvalue weighted by Crippen LogP contribution is -2.29. The van der Waals surface area contributed by atoms with Gasteiger partial charge in [0.1, 0.15) is 18.1 Å². The highest BCUT2D eigenvalue weighted by Crippen LogP contribution is 2.43. The van der Waals surface area contributed by atoms with E-state index in [0.29, 0.717) is 19.3 Å². The number of aliphatic hydroxyl groups is 1. The third-order valence-corrected chi connectivity index (χ3v) is 10.2. The molecular weight excluding hydrogens is 745 g/mol. The molecule has 0 spiro atoms. The average Bonchev–Trinajstić information content (AvgIpc) is 3.45. The molecule has 11 nitrogen and oxygen atoms in total. The number of esters is 2. The quantitative estimate of drug-likeness (QED) is 0.0196. The van der Waals surface area contributed by atoms with Crippen molar-refractivity contribution in [3.8, 4) is 0 Å². The lowest BCUT2D eigenvalue weighted by molar-refractivity contribution is -0.161. The fourth-order valence-electron chi connectivity index (χ4n) is 5.78. The van der Waals surface area contributed by atoms with Crippen LogP contribution < -0.4 is 5.73 Å². The van der Waals surface area contributed by atoms with Crippen molar-refractivity contribution >= 4 is 19.8 Å². The van der Waals surface area contributed by atoms with Gasteiger partial charge in [0, 0.05) is 32.2 Å². The first-order valence-electron chi connectivity index (χ1n) is 21.2. The number of ether oxygens (including phenoxy) is 2. The number of hydrogen-bond donors (Lipinski definition) is 3. The second-order valence-corrected chi connectivity index (χ2v) is 15.7. The molecule has 2 unspecified atom stereocenters. The van der Waals surface area contributed by atoms with Crippen LogP contribution in [0.5, 0.6) is 0 Å². The maximum atomic E-state index is 12.7. The summed E-state index contributed by atoms with van der Waals surface area (Å²) in [6.07, 6.45) is 34.1. The molecule has 0 amide bonds. The molecule has 1 heterocycles. The number of nitrogens with two attached hydrogens (primary N) is 1. The van der Waals surface area contributed by atoms with Crippen LogP contribution in [-0.4, -0.2) is 60.5 Å². The maximum absolute atomic E-state index is 12.7. The summed E-state index contributed by atoms with van der Waals surface area (Å²) in [5, 5.41) is 10.2. The zero-order valence-corrected chi connectivity index (χ0v) is 36.3. The van der Waals surface area contributed by atoms with Crippen molar-refractivity contribution in [3.63, 3.8) is 0 Å². The molecule has 0 aromatic carbocycles. The van der Waals surface area contributed by atoms with Crippen LogP contribution in [0.2, 0.25) is 0 Å². The largest absolute Gasteiger partial charge is 0.472 e. The van der Waals surface area contributed by atoms with Crippen LogP contribution in [0.25, 0.3) is 0 Å². The van der Waals surface area contributed by atoms with E-state index in [0.717, 1.165) is 88.6 Å². The number of carbonyl (C=O) groups is 2. The summed E-state index contributed by atoms with van der Waals surface area (Å²) in [7, 11) is -4.44. The number of rotatable bonds is 35. The molecule has 3 atom stereocenters. The van der Waals surface area contributed by atoms with Crippen LogP contribution in [0, 0.1) is 13.8 Å². The third kappa shape index (κ3) is 28.1. The number of phosphoric ester groups is 1. The van der Waals surface area contributed by atoms with E-state index >= 15 is 0 Å². The topological polar surface area (TPSA) is 168 Å². The van der Waals surface area contributed by atoms with Crippen molar-refractivity contribution in [1.29, 1.82) is 0 Å². The van der Waals surface area contributed by atoms with Gasteiger partial charge >= 0.3 is 19.8 Å². The van der Waals surface area contributed by atoms with Gasteiger partial charge in [-0.25, -0.2) is 4.57 Å². The highest BCUT2D eigenvalue weighted by molar-refractivity contribution is 7.47. The molecule has 1 aromatic rings. The van der Waals surface area contributed by atoms with Gasteiger partial charge in [-0.15, -0.1) is 0 Å². The predicted octanol–water partition coefficient (Wildman–Crippen LogP) is 10.3. The fraction of sp³-hybridized carbons (Fsp3) is 0.644. The molecule has 0 radical (unpaired) electrons. The van der Waals surface area contributed by atoms with Gasteiger partial charge in [0.2, 0.25) is 0 Å². The summed E-state index contributed by atoms with van der Waals surface area (Å²) in [5.41, 5.74) is 7.91. The number of allylic oxidation sites excluding steroid dienone is 9. The van der Waals surface area contributed by atoms with E-state index in [1.54, 1.807) is 12.2 Å². The summed E-state index contributed by atoms with van der Waals surface area (Å²) in [6.45, 7) is 7.59. The Morgan fingerprint density at radius 3 is 1.95 bits per heavy atom. The molecule has 0 saturated heterocycles. The van der Waals surface area contributed by atoms with E-state index in [9.17, 15) is 24.2 Å². The first-order valence-corrected chi connectivity index (χ1v) is 22.7. The second kappa shape index (κ2) is 33.9. The highest BCUT2D eigenvalue weighted by Gasteiger charge is 2.26. The number of phosphoric acid groups is 1. The van der Waals surface area contributed by atoms with Gasteiger partial charge in [-0.3, -0.25) is 18.6 Å². The first-order chi connectivity index (χ1) is 27.5. The van der Waals surface area contributed by atoms with Crippen LogP contribution in [0.1, 0.15) is 146 Å². The van der Waals surface area contributed by atoms with Crippen molar-refractivity contribution in [3.05, 3.63) is 83.4 Å². The van der Waals surface area contributed by atoms with Gasteiger partial charge in [0.15, 0.2) is 6.10 Å². The van der Waals surface area contributed by atoms with E-state index in [1.807, 2.05) is 12.2 Å². The molecular formula is C45H74NO10P. The molecule has 4 N–H and O–H groups in total. The van der Waals surface area contributed by atoms with Gasteiger partial charge in [-0.05, 0) is 82.8 Å². The Morgan fingerprint density at radius 2 is 1.32 bits per heavy atom. The molecule has 57 heavy (non-hydrogen) atoms. The molecule has 324 valence electrons. The van der Waals surface area contributed by atoms with Crippen LogP contribution in [0.3, 0.4) is 0 Å². The van der Waals surface area contributed by atoms with Crippen molar-refractivity contribution in [2.45, 2.75) is 162 Å². The molecule has 0 aliphatic carbocycles. The number of furan rings is 1. The number of hydrogen-bond acceptors (Lipinski definition) is 10. The lowest BCUT2D eigenvalue weighted by atomic mass is 10.0. The molecule has 0 aliphatic heterocycles. The fourth-order valence-corrected chi connectivity index (χ4v) is 6.55. The smallest absolute Gasteiger partial charge is 0.466 e. The SMILES string of the molecule is CC/C=C\C/C=C\C/C=C\C/C=C\C=C\C(O)CCCC(=O)OC[C@H](COP(=O)(O)OCCN)OC(=O)CCCCCCCCc1oc(CCCCC)c(C)c1C. The molecule has 1 aromatic heterocycles. The van der Waals surface area contributed by atoms with Crippen LogP contribution in [-0.2, 0) is 45.5 Å². The number of carbonyl (C=O) groups excluding carboxylic acids is 2. The van der Waals surface area contributed by atoms with E-state index in [1.165, 1.54) is 24.0 Å². The Kier molecular flexibility index (Phi) is 30.9. The molecule has 0 saturated carbocycles. The van der Waals surface area contributed by atoms with Crippen molar-refractivity contribution < 1.29 is 47.1 Å². The monoisotopic (exact) mass is 820 g/mol. The first kappa shape index (κ1) is 52.0. The minimum Gasteiger partial charge on any atom is -0.466 e. The lowest BCUT2D eigenvalue weighted by Gasteiger charge is -2.20. The number of aryl methyl sites for hydroxylation is 2. The van der Waals surface area contributed by atoms with E-state index in [2.05, 4.69) is 64.2 Å². The zero-order valence-electron chi connectivity index (χ0n) is 35.4. The van der Waals surface area contributed by atoms with Gasteiger partial charge in [-0.2, -0.15) is 0 Å². The van der Waals surface area contributed by atoms with Gasteiger partial charge in [0.05, 0.1) is 19.3 Å². The Labute approximate surface area is 343 Å². The third-order valence-electron chi connectivity index (χ3n) is 9.23. The summed E-state index contributed by atoms with van der Waals surface area (Å²) >= 11 is 0. The van der Waals surface area contributed by atoms with Gasteiger partial charge in [-0.1, -0.05) is 113 Å². The van der Waals surface area contributed by atoms with E-state index in [4.69, 9.17) is 28.7 Å². The van der Waals surface area contributed by atoms with Crippen LogP contribution >= 0.6 is 7.82 Å². The Bertz CT molecular complexity index is 1410. The summed E-state index contributed by atoms with van der Waals surface area (Å²) in [4.78, 5) is 35.0. The number of unbranched alkanes of at least 4 members (excludes halogenated alkanes) is 7. The van der Waals surface area contributed by atoms with Gasteiger partial charge in [0.25, 0.3) is 0 Å². The second-order valence-electron chi connectivity index (χ2n) is 14.3. The van der Waals surface area contributed by atoms with Crippen LogP contribution in [0.4, 0.5) is 0 Å². The minimum atomic E-state index is -4.44. The highest BCUT2D eigenvalue weighted by atomic mass is 31.2. The maximum Gasteiger partial charge on any atom is 0.472 e. The number of aliphatic hydroxyl groups excluding tert-OH is 1. The summed E-state index contributed by atoms with van der Waals surface area (Å²) in [5.74, 6) is 1.17. The van der Waals surface area contributed by atoms with Crippen LogP contribution in [0.15, 0.2) is 65.2 Å². The Morgan fingerprint density at radius 1 is 0.737 bits per heavy atom. The molecule has 12 heteroatoms. The van der Waals surface area contributed by atoms with Crippen molar-refractivity contribution in [1.82, 2.24) is 0 Å². The predicted molar refractivity (Wildman–Crippen MR) is 229 cm³/mol. The van der Waals surface area contributed by atoms with E-state index in [-0.39, 0.29) is 32.6 Å². The van der Waals surface area contributed by atoms with Gasteiger partial charge < -0.3 is 29.6 Å². The molecule has 0 aliphatic rings.